The maximum Gasteiger partial charge on any atom is 0.328 e. The average Bonchev–Trinajstić information content (AvgIpc) is 2.60. The smallest absolute Gasteiger partial charge is 0.295 e. The lowest BCUT2D eigenvalue weighted by Crippen LogP contribution is -2.30. The molecule has 84 valence electrons. The van der Waals surface area contributed by atoms with Crippen molar-refractivity contribution in [2.45, 2.75) is 13.5 Å². The summed E-state index contributed by atoms with van der Waals surface area (Å²) in [5.74, 6) is 0. The van der Waals surface area contributed by atoms with Crippen LogP contribution in [0.3, 0.4) is 0 Å². The Balaban J connectivity index is 2.39. The third-order valence-electron chi connectivity index (χ3n) is 2.14. The highest BCUT2D eigenvalue weighted by atomic mass is 79.9. The lowest BCUT2D eigenvalue weighted by molar-refractivity contribution is 0.721. The molecule has 16 heavy (non-hydrogen) atoms. The Kier molecular flexibility index (Phi) is 3.11. The fraction of sp³-hybridized carbons (Fsp3) is 0.200. The first-order valence-electron chi connectivity index (χ1n) is 4.61. The van der Waals surface area contributed by atoms with Gasteiger partial charge in [0.1, 0.15) is 0 Å². The van der Waals surface area contributed by atoms with Crippen LogP contribution >= 0.6 is 27.3 Å². The standard InChI is InChI=1S/C10H9BrN2O2S/c1-6-4-13(10(15)12-9(6)14)5-7-2-3-8(11)16-7/h2-4H,5H2,1H3,(H,12,14,15). The quantitative estimate of drug-likeness (QED) is 0.918. The number of thiophene rings is 1. The fourth-order valence-electron chi connectivity index (χ4n) is 1.34. The Labute approximate surface area is 104 Å². The topological polar surface area (TPSA) is 54.9 Å². The van der Waals surface area contributed by atoms with E-state index in [-0.39, 0.29) is 11.2 Å². The number of H-pyrrole nitrogens is 1. The maximum absolute atomic E-state index is 11.5. The lowest BCUT2D eigenvalue weighted by Gasteiger charge is -2.03. The number of rotatable bonds is 2. The first-order chi connectivity index (χ1) is 7.56. The molecule has 2 rings (SSSR count). The summed E-state index contributed by atoms with van der Waals surface area (Å²) in [7, 11) is 0. The second-order valence-electron chi connectivity index (χ2n) is 3.41. The minimum atomic E-state index is -0.375. The Morgan fingerprint density at radius 3 is 2.81 bits per heavy atom. The van der Waals surface area contributed by atoms with Gasteiger partial charge in [0.25, 0.3) is 5.56 Å². The number of aromatic nitrogens is 2. The predicted molar refractivity (Wildman–Crippen MR) is 67.2 cm³/mol. The third kappa shape index (κ3) is 2.33. The molecule has 0 saturated carbocycles. The number of hydrogen-bond acceptors (Lipinski definition) is 3. The van der Waals surface area contributed by atoms with E-state index in [1.54, 1.807) is 24.5 Å². The summed E-state index contributed by atoms with van der Waals surface area (Å²) in [6.45, 7) is 2.16. The van der Waals surface area contributed by atoms with Crippen LogP contribution in [0, 0.1) is 6.92 Å². The van der Waals surface area contributed by atoms with Gasteiger partial charge < -0.3 is 0 Å². The van der Waals surface area contributed by atoms with Crippen LogP contribution in [0.15, 0.2) is 31.7 Å². The molecule has 0 spiro atoms. The Hall–Kier alpha value is -1.14. The summed E-state index contributed by atoms with van der Waals surface area (Å²) in [5, 5.41) is 0. The Bertz CT molecular complexity index is 626. The SMILES string of the molecule is Cc1cn(Cc2ccc(Br)s2)c(=O)[nH]c1=O. The van der Waals surface area contributed by atoms with Crippen molar-refractivity contribution in [1.29, 1.82) is 0 Å². The first kappa shape index (κ1) is 11.3. The fourth-order valence-corrected chi connectivity index (χ4v) is 2.82. The summed E-state index contributed by atoms with van der Waals surface area (Å²) in [4.78, 5) is 26.0. The Morgan fingerprint density at radius 1 is 1.44 bits per heavy atom. The zero-order valence-electron chi connectivity index (χ0n) is 8.49. The molecule has 0 amide bonds. The molecule has 0 fully saturated rings. The molecule has 0 aliphatic carbocycles. The van der Waals surface area contributed by atoms with Gasteiger partial charge >= 0.3 is 5.69 Å². The van der Waals surface area contributed by atoms with Gasteiger partial charge in [0.2, 0.25) is 0 Å². The molecule has 0 aliphatic heterocycles. The van der Waals surface area contributed by atoms with Crippen LogP contribution < -0.4 is 11.2 Å². The van der Waals surface area contributed by atoms with E-state index < -0.39 is 0 Å². The van der Waals surface area contributed by atoms with Crippen LogP contribution in [-0.2, 0) is 6.54 Å². The van der Waals surface area contributed by atoms with Gasteiger partial charge in [0.15, 0.2) is 0 Å². The van der Waals surface area contributed by atoms with Gasteiger partial charge in [-0.05, 0) is 35.0 Å². The van der Waals surface area contributed by atoms with Gasteiger partial charge in [0, 0.05) is 16.6 Å². The molecule has 1 N–H and O–H groups in total. The number of nitrogens with one attached hydrogen (secondary N) is 1. The normalized spacial score (nSPS) is 10.6. The van der Waals surface area contributed by atoms with Crippen molar-refractivity contribution in [3.8, 4) is 0 Å². The summed E-state index contributed by atoms with van der Waals surface area (Å²) in [6.07, 6.45) is 1.58. The number of aryl methyl sites for hydroxylation is 1. The van der Waals surface area contributed by atoms with Gasteiger partial charge in [-0.3, -0.25) is 14.3 Å². The molecule has 0 aromatic carbocycles. The molecule has 0 bridgehead atoms. The zero-order chi connectivity index (χ0) is 11.7. The Morgan fingerprint density at radius 2 is 2.19 bits per heavy atom. The minimum absolute atomic E-state index is 0.325. The molecule has 4 nitrogen and oxygen atoms in total. The van der Waals surface area contributed by atoms with Gasteiger partial charge in [-0.1, -0.05) is 0 Å². The van der Waals surface area contributed by atoms with Crippen LogP contribution in [0.5, 0.6) is 0 Å². The lowest BCUT2D eigenvalue weighted by atomic mass is 10.4. The van der Waals surface area contributed by atoms with Crippen molar-refractivity contribution in [2.24, 2.45) is 0 Å². The van der Waals surface area contributed by atoms with Gasteiger partial charge in [-0.25, -0.2) is 4.79 Å². The molecule has 0 saturated heterocycles. The largest absolute Gasteiger partial charge is 0.328 e. The van der Waals surface area contributed by atoms with Gasteiger partial charge in [-0.15, -0.1) is 11.3 Å². The highest BCUT2D eigenvalue weighted by Crippen LogP contribution is 2.22. The van der Waals surface area contributed by atoms with E-state index in [2.05, 4.69) is 20.9 Å². The molecule has 2 heterocycles. The van der Waals surface area contributed by atoms with Crippen molar-refractivity contribution in [2.75, 3.05) is 0 Å². The molecular formula is C10H9BrN2O2S. The van der Waals surface area contributed by atoms with Crippen LogP contribution in [0.2, 0.25) is 0 Å². The second-order valence-corrected chi connectivity index (χ2v) is 5.95. The van der Waals surface area contributed by atoms with E-state index in [0.717, 1.165) is 8.66 Å². The highest BCUT2D eigenvalue weighted by Gasteiger charge is 2.03. The van der Waals surface area contributed by atoms with Crippen LogP contribution in [-0.4, -0.2) is 9.55 Å². The van der Waals surface area contributed by atoms with E-state index in [1.165, 1.54) is 4.57 Å². The molecule has 0 unspecified atom stereocenters. The zero-order valence-corrected chi connectivity index (χ0v) is 10.9. The van der Waals surface area contributed by atoms with E-state index in [0.29, 0.717) is 12.1 Å². The third-order valence-corrected chi connectivity index (χ3v) is 3.75. The van der Waals surface area contributed by atoms with E-state index >= 15 is 0 Å². The van der Waals surface area contributed by atoms with Crippen molar-refractivity contribution in [3.63, 3.8) is 0 Å². The molecule has 0 atom stereocenters. The predicted octanol–water partition coefficient (Wildman–Crippen LogP) is 1.72. The summed E-state index contributed by atoms with van der Waals surface area (Å²) >= 11 is 4.93. The van der Waals surface area contributed by atoms with Gasteiger partial charge in [0.05, 0.1) is 10.3 Å². The van der Waals surface area contributed by atoms with Crippen molar-refractivity contribution in [1.82, 2.24) is 9.55 Å². The van der Waals surface area contributed by atoms with E-state index in [4.69, 9.17) is 0 Å². The second kappa shape index (κ2) is 4.39. The first-order valence-corrected chi connectivity index (χ1v) is 6.22. The maximum atomic E-state index is 11.5. The molecule has 0 radical (unpaired) electrons. The molecule has 6 heteroatoms. The summed E-state index contributed by atoms with van der Waals surface area (Å²) in [6, 6.07) is 3.88. The minimum Gasteiger partial charge on any atom is -0.295 e. The number of nitrogens with zero attached hydrogens (tertiary/aromatic N) is 1. The number of hydrogen-bond donors (Lipinski definition) is 1. The molecule has 2 aromatic heterocycles. The molecule has 0 aliphatic rings. The number of halogens is 1. The average molecular weight is 301 g/mol. The van der Waals surface area contributed by atoms with Crippen LogP contribution in [0.1, 0.15) is 10.4 Å². The van der Waals surface area contributed by atoms with E-state index in [1.807, 2.05) is 12.1 Å². The van der Waals surface area contributed by atoms with Crippen LogP contribution in [0.25, 0.3) is 0 Å². The number of aromatic amines is 1. The molecule has 2 aromatic rings. The van der Waals surface area contributed by atoms with Crippen molar-refractivity contribution in [3.05, 3.63) is 53.4 Å². The molecular weight excluding hydrogens is 292 g/mol. The summed E-state index contributed by atoms with van der Waals surface area (Å²) < 4.78 is 2.52. The van der Waals surface area contributed by atoms with Gasteiger partial charge in [-0.2, -0.15) is 0 Å². The monoisotopic (exact) mass is 300 g/mol. The van der Waals surface area contributed by atoms with E-state index in [9.17, 15) is 9.59 Å². The summed E-state index contributed by atoms with van der Waals surface area (Å²) in [5.41, 5.74) is -0.163. The highest BCUT2D eigenvalue weighted by molar-refractivity contribution is 9.11. The van der Waals surface area contributed by atoms with Crippen molar-refractivity contribution >= 4 is 27.3 Å². The van der Waals surface area contributed by atoms with Crippen LogP contribution in [0.4, 0.5) is 0 Å². The van der Waals surface area contributed by atoms with Crippen molar-refractivity contribution < 1.29 is 0 Å².